The van der Waals surface area contributed by atoms with Gasteiger partial charge in [0.15, 0.2) is 21.1 Å². The molecule has 1 aliphatic heterocycles. The van der Waals surface area contributed by atoms with Crippen LogP contribution in [-0.2, 0) is 20.2 Å². The predicted molar refractivity (Wildman–Crippen MR) is 120 cm³/mol. The fourth-order valence-corrected chi connectivity index (χ4v) is 5.33. The van der Waals surface area contributed by atoms with Gasteiger partial charge in [-0.3, -0.25) is 14.5 Å². The van der Waals surface area contributed by atoms with Gasteiger partial charge in [0.25, 0.3) is 20.2 Å². The molecular weight excluding hydrogens is 488 g/mol. The number of carboxylic acids is 1. The summed E-state index contributed by atoms with van der Waals surface area (Å²) < 4.78 is 73.7. The largest absolute Gasteiger partial charge is 0.478 e. The molecule has 2 aromatic rings. The Morgan fingerprint density at radius 3 is 2.18 bits per heavy atom. The van der Waals surface area contributed by atoms with Crippen LogP contribution in [0, 0.1) is 12.3 Å². The minimum absolute atomic E-state index is 0.0126. The van der Waals surface area contributed by atoms with E-state index in [0.717, 1.165) is 12.1 Å². The molecule has 1 aliphatic carbocycles. The van der Waals surface area contributed by atoms with Crippen molar-refractivity contribution < 1.29 is 40.3 Å². The Kier molecular flexibility index (Phi) is 5.25. The molecule has 11 nitrogen and oxygen atoms in total. The molecule has 0 atom stereocenters. The van der Waals surface area contributed by atoms with Crippen molar-refractivity contribution in [1.29, 1.82) is 5.41 Å². The lowest BCUT2D eigenvalue weighted by molar-refractivity contribution is 0.0697. The van der Waals surface area contributed by atoms with Crippen molar-refractivity contribution in [1.82, 2.24) is 0 Å². The van der Waals surface area contributed by atoms with E-state index in [0.29, 0.717) is 5.56 Å². The zero-order valence-electron chi connectivity index (χ0n) is 17.2. The number of fused-ring (bicyclic) bond motifs is 2. The predicted octanol–water partition coefficient (Wildman–Crippen LogP) is 2.77. The standard InChI is InChI=1S/C21H16N2O9S2/c1-9-2-3-10(21(24)25)13(8-9)16-11-4-6-14(22)19(33(26,27)28)17(11)32-18-12(16)5-7-15(23)20(18)34(29,30)31/h2-8,22H,23H2,1H3,(H,24,25)(H,26,27,28)(H,29,30,31). The second kappa shape index (κ2) is 7.63. The Hall–Kier alpha value is -3.78. The number of nitrogens with one attached hydrogen (secondary N) is 1. The van der Waals surface area contributed by atoms with Crippen LogP contribution >= 0.6 is 0 Å². The minimum atomic E-state index is -5.06. The van der Waals surface area contributed by atoms with Crippen LogP contribution in [0.5, 0.6) is 0 Å². The molecule has 6 N–H and O–H groups in total. The van der Waals surface area contributed by atoms with Gasteiger partial charge in [-0.15, -0.1) is 0 Å². The Labute approximate surface area is 192 Å². The quantitative estimate of drug-likeness (QED) is 0.156. The van der Waals surface area contributed by atoms with Gasteiger partial charge in [-0.2, -0.15) is 16.8 Å². The van der Waals surface area contributed by atoms with Crippen LogP contribution in [0.25, 0.3) is 33.4 Å². The van der Waals surface area contributed by atoms with Gasteiger partial charge < -0.3 is 15.3 Å². The van der Waals surface area contributed by atoms with Gasteiger partial charge in [-0.05, 0) is 42.8 Å². The Morgan fingerprint density at radius 2 is 1.59 bits per heavy atom. The number of anilines is 1. The first-order chi connectivity index (χ1) is 15.7. The first kappa shape index (κ1) is 23.4. The van der Waals surface area contributed by atoms with Crippen molar-refractivity contribution >= 4 is 42.9 Å². The zero-order valence-corrected chi connectivity index (χ0v) is 18.9. The summed E-state index contributed by atoms with van der Waals surface area (Å²) in [5, 5.41) is 17.1. The number of benzene rings is 3. The molecule has 0 radical (unpaired) electrons. The van der Waals surface area contributed by atoms with E-state index in [1.165, 1.54) is 30.3 Å². The summed E-state index contributed by atoms with van der Waals surface area (Å²) in [6.45, 7) is 1.68. The molecule has 0 amide bonds. The molecule has 1 heterocycles. The normalized spacial score (nSPS) is 12.3. The van der Waals surface area contributed by atoms with Crippen molar-refractivity contribution in [3.05, 3.63) is 58.9 Å². The van der Waals surface area contributed by atoms with Crippen LogP contribution in [0.3, 0.4) is 0 Å². The molecule has 34 heavy (non-hydrogen) atoms. The average Bonchev–Trinajstić information content (AvgIpc) is 2.69. The number of hydrogen-bond acceptors (Lipinski definition) is 8. The number of carboxylic acid groups (broad SMARTS) is 1. The summed E-state index contributed by atoms with van der Waals surface area (Å²) in [5.41, 5.74) is 5.25. The van der Waals surface area contributed by atoms with Crippen molar-refractivity contribution in [2.24, 2.45) is 0 Å². The summed E-state index contributed by atoms with van der Waals surface area (Å²) in [7, 11) is -10.1. The molecule has 4 rings (SSSR count). The van der Waals surface area contributed by atoms with Gasteiger partial charge in [-0.1, -0.05) is 17.7 Å². The van der Waals surface area contributed by atoms with Crippen molar-refractivity contribution in [3.8, 4) is 22.5 Å². The molecule has 2 aliphatic rings. The maximum absolute atomic E-state index is 12.1. The van der Waals surface area contributed by atoms with E-state index in [-0.39, 0.29) is 27.6 Å². The summed E-state index contributed by atoms with van der Waals surface area (Å²) in [5.74, 6) is -1.94. The van der Waals surface area contributed by atoms with Gasteiger partial charge in [0, 0.05) is 16.5 Å². The summed E-state index contributed by atoms with van der Waals surface area (Å²) in [6, 6.07) is 9.18. The lowest BCUT2D eigenvalue weighted by Gasteiger charge is -2.20. The highest BCUT2D eigenvalue weighted by Crippen LogP contribution is 2.45. The highest BCUT2D eigenvalue weighted by Gasteiger charge is 2.31. The van der Waals surface area contributed by atoms with E-state index in [9.17, 15) is 35.8 Å². The van der Waals surface area contributed by atoms with Crippen molar-refractivity contribution in [3.63, 3.8) is 0 Å². The number of nitrogens with two attached hydrogens (primary N) is 1. The van der Waals surface area contributed by atoms with Gasteiger partial charge in [0.2, 0.25) is 0 Å². The second-order valence-electron chi connectivity index (χ2n) is 7.46. The molecule has 13 heteroatoms. The van der Waals surface area contributed by atoms with Gasteiger partial charge >= 0.3 is 5.97 Å². The fourth-order valence-electron chi connectivity index (χ4n) is 3.85. The van der Waals surface area contributed by atoms with Crippen molar-refractivity contribution in [2.45, 2.75) is 16.7 Å². The van der Waals surface area contributed by atoms with E-state index in [2.05, 4.69) is 0 Å². The third-order valence-corrected chi connectivity index (χ3v) is 7.05. The monoisotopic (exact) mass is 504 g/mol. The van der Waals surface area contributed by atoms with Gasteiger partial charge in [0.05, 0.1) is 16.6 Å². The van der Waals surface area contributed by atoms with Crippen LogP contribution in [0.1, 0.15) is 15.9 Å². The van der Waals surface area contributed by atoms with E-state index in [1.807, 2.05) is 0 Å². The fraction of sp³-hybridized carbons (Fsp3) is 0.0476. The Balaban J connectivity index is 2.42. The first-order valence-electron chi connectivity index (χ1n) is 9.37. The maximum Gasteiger partial charge on any atom is 0.336 e. The molecule has 0 aromatic heterocycles. The Bertz CT molecular complexity index is 1770. The summed E-state index contributed by atoms with van der Waals surface area (Å²) in [4.78, 5) is 10.1. The van der Waals surface area contributed by atoms with Crippen LogP contribution in [0.2, 0.25) is 0 Å². The van der Waals surface area contributed by atoms with E-state index in [4.69, 9.17) is 15.6 Å². The lowest BCUT2D eigenvalue weighted by Crippen LogP contribution is -2.16. The number of aromatic carboxylic acids is 1. The lowest BCUT2D eigenvalue weighted by atomic mass is 9.89. The van der Waals surface area contributed by atoms with Crippen LogP contribution in [0.4, 0.5) is 5.69 Å². The number of aryl methyl sites for hydroxylation is 1. The SMILES string of the molecule is Cc1ccc(C(=O)O)c(-c2c3ccc(=N)c(S(=O)(=O)O)c-3oc3c(S(=O)(=O)O)c(N)ccc23)c1. The molecule has 0 saturated carbocycles. The molecule has 2 aromatic carbocycles. The van der Waals surface area contributed by atoms with Gasteiger partial charge in [0.1, 0.15) is 0 Å². The molecule has 0 unspecified atom stereocenters. The Morgan fingerprint density at radius 1 is 0.941 bits per heavy atom. The van der Waals surface area contributed by atoms with E-state index >= 15 is 0 Å². The number of carbonyl (C=O) groups is 1. The molecule has 0 bridgehead atoms. The second-order valence-corrected chi connectivity index (χ2v) is 10.2. The van der Waals surface area contributed by atoms with Crippen LogP contribution < -0.4 is 11.1 Å². The third kappa shape index (κ3) is 3.70. The van der Waals surface area contributed by atoms with Crippen LogP contribution in [-0.4, -0.2) is 37.0 Å². The topological polar surface area (TPSA) is 209 Å². The zero-order chi connectivity index (χ0) is 25.2. The highest BCUT2D eigenvalue weighted by molar-refractivity contribution is 7.86. The summed E-state index contributed by atoms with van der Waals surface area (Å²) in [6.07, 6.45) is 0. The number of rotatable bonds is 4. The third-order valence-electron chi connectivity index (χ3n) is 5.19. The highest BCUT2D eigenvalue weighted by atomic mass is 32.2. The minimum Gasteiger partial charge on any atom is -0.478 e. The number of nitrogen functional groups attached to an aromatic ring is 1. The van der Waals surface area contributed by atoms with E-state index in [1.54, 1.807) is 6.92 Å². The van der Waals surface area contributed by atoms with Gasteiger partial charge in [-0.25, -0.2) is 4.79 Å². The van der Waals surface area contributed by atoms with E-state index < -0.39 is 58.4 Å². The van der Waals surface area contributed by atoms with Crippen LogP contribution in [0.15, 0.2) is 56.7 Å². The first-order valence-corrected chi connectivity index (χ1v) is 12.3. The molecule has 0 spiro atoms. The average molecular weight is 504 g/mol. The molecular formula is C21H16N2O9S2. The molecule has 0 saturated heterocycles. The maximum atomic E-state index is 12.1. The number of hydrogen-bond donors (Lipinski definition) is 5. The summed E-state index contributed by atoms with van der Waals surface area (Å²) >= 11 is 0. The molecule has 0 fully saturated rings. The molecule has 176 valence electrons. The smallest absolute Gasteiger partial charge is 0.336 e. The van der Waals surface area contributed by atoms with Crippen molar-refractivity contribution in [2.75, 3.05) is 5.73 Å².